The van der Waals surface area contributed by atoms with Crippen molar-refractivity contribution in [1.29, 1.82) is 0 Å². The van der Waals surface area contributed by atoms with Gasteiger partial charge in [0.2, 0.25) is 0 Å². The van der Waals surface area contributed by atoms with Crippen molar-refractivity contribution in [3.05, 3.63) is 0 Å². The molecule has 0 aliphatic carbocycles. The van der Waals surface area contributed by atoms with Gasteiger partial charge in [0.05, 0.1) is 6.61 Å². The number of aliphatic hydroxyl groups is 1. The van der Waals surface area contributed by atoms with Crippen LogP contribution in [-0.4, -0.2) is 36.7 Å². The molecule has 0 aliphatic rings. The number of rotatable bonds is 3. The quantitative estimate of drug-likeness (QED) is 0.387. The van der Waals surface area contributed by atoms with Gasteiger partial charge in [0.1, 0.15) is 0 Å². The predicted molar refractivity (Wildman–Crippen MR) is 46.1 cm³/mol. The van der Waals surface area contributed by atoms with Gasteiger partial charge in [-0.2, -0.15) is 9.90 Å². The van der Waals surface area contributed by atoms with Crippen LogP contribution in [0.4, 0.5) is 0 Å². The molecular formula is C2H11O7P3. The maximum absolute atomic E-state index is 10.3. The summed E-state index contributed by atoms with van der Waals surface area (Å²) in [6.07, 6.45) is 0. The van der Waals surface area contributed by atoms with Gasteiger partial charge in [-0.3, -0.25) is 9.13 Å². The fourth-order valence-electron chi connectivity index (χ4n) is 0.409. The molecule has 0 bridgehead atoms. The lowest BCUT2D eigenvalue weighted by Gasteiger charge is -2.16. The molecule has 10 heteroatoms. The summed E-state index contributed by atoms with van der Waals surface area (Å²) in [5.41, 5.74) is 0. The molecule has 0 heterocycles. The molecule has 0 amide bonds. The topological polar surface area (TPSA) is 135 Å². The zero-order chi connectivity index (χ0) is 9.28. The normalized spacial score (nSPS) is 12.8. The van der Waals surface area contributed by atoms with Gasteiger partial charge in [-0.15, -0.1) is 0 Å². The van der Waals surface area contributed by atoms with E-state index in [2.05, 4.69) is 0 Å². The number of aliphatic hydroxyl groups excluding tert-OH is 1. The van der Waals surface area contributed by atoms with Crippen molar-refractivity contribution in [2.45, 2.75) is 5.40 Å². The molecule has 0 saturated carbocycles. The third-order valence-electron chi connectivity index (χ3n) is 0.940. The van der Waals surface area contributed by atoms with Crippen molar-refractivity contribution in [1.82, 2.24) is 0 Å². The minimum Gasteiger partial charge on any atom is -0.395 e. The van der Waals surface area contributed by atoms with Crippen LogP contribution in [0, 0.1) is 0 Å². The highest BCUT2D eigenvalue weighted by atomic mass is 31.2. The maximum atomic E-state index is 10.3. The van der Waals surface area contributed by atoms with Gasteiger partial charge in [0.25, 0.3) is 0 Å². The average Bonchev–Trinajstić information content (AvgIpc) is 1.56. The minimum atomic E-state index is -4.91. The summed E-state index contributed by atoms with van der Waals surface area (Å²) in [7, 11) is -9.82. The molecule has 5 N–H and O–H groups in total. The Labute approximate surface area is 71.8 Å². The van der Waals surface area contributed by atoms with Gasteiger partial charge >= 0.3 is 15.2 Å². The predicted octanol–water partition coefficient (Wildman–Crippen LogP) is -1.28. The first-order chi connectivity index (χ1) is 4.69. The van der Waals surface area contributed by atoms with Gasteiger partial charge in [0, 0.05) is 0 Å². The van der Waals surface area contributed by atoms with Crippen molar-refractivity contribution in [2.75, 3.05) is 6.61 Å². The van der Waals surface area contributed by atoms with E-state index in [4.69, 9.17) is 24.7 Å². The summed E-state index contributed by atoms with van der Waals surface area (Å²) >= 11 is 0. The highest BCUT2D eigenvalue weighted by Crippen LogP contribution is 2.59. The molecule has 1 unspecified atom stereocenters. The molecule has 0 aromatic heterocycles. The van der Waals surface area contributed by atoms with Gasteiger partial charge < -0.3 is 24.7 Å². The van der Waals surface area contributed by atoms with E-state index in [1.165, 1.54) is 0 Å². The molecule has 0 spiro atoms. The fourth-order valence-corrected chi connectivity index (χ4v) is 2.40. The number of hydrogen-bond donors (Lipinski definition) is 5. The second-order valence-corrected chi connectivity index (χ2v) is 5.85. The Morgan fingerprint density at radius 3 is 1.25 bits per heavy atom. The lowest BCUT2D eigenvalue weighted by molar-refractivity contribution is 0.266. The van der Waals surface area contributed by atoms with Crippen molar-refractivity contribution in [3.8, 4) is 0 Å². The third kappa shape index (κ3) is 4.65. The molecule has 12 heavy (non-hydrogen) atoms. The summed E-state index contributed by atoms with van der Waals surface area (Å²) in [6, 6.07) is 0. The van der Waals surface area contributed by atoms with Gasteiger partial charge in [-0.1, -0.05) is 0 Å². The first-order valence-electron chi connectivity index (χ1n) is 2.41. The van der Waals surface area contributed by atoms with E-state index in [0.717, 1.165) is 0 Å². The zero-order valence-electron chi connectivity index (χ0n) is 5.94. The van der Waals surface area contributed by atoms with Crippen molar-refractivity contribution in [3.63, 3.8) is 0 Å². The van der Waals surface area contributed by atoms with E-state index in [-0.39, 0.29) is 9.90 Å². The zero-order valence-corrected chi connectivity index (χ0v) is 9.14. The van der Waals surface area contributed by atoms with Crippen molar-refractivity contribution >= 4 is 25.1 Å². The van der Waals surface area contributed by atoms with Crippen LogP contribution in [0.3, 0.4) is 0 Å². The van der Waals surface area contributed by atoms with Crippen LogP contribution in [0.2, 0.25) is 0 Å². The monoisotopic (exact) mass is 240 g/mol. The Morgan fingerprint density at radius 2 is 1.25 bits per heavy atom. The van der Waals surface area contributed by atoms with Crippen LogP contribution in [0.1, 0.15) is 0 Å². The van der Waals surface area contributed by atoms with Crippen LogP contribution in [-0.2, 0) is 9.13 Å². The molecule has 7 nitrogen and oxygen atoms in total. The lowest BCUT2D eigenvalue weighted by atomic mass is 10.9. The van der Waals surface area contributed by atoms with Gasteiger partial charge in [0.15, 0.2) is 5.40 Å². The summed E-state index contributed by atoms with van der Waals surface area (Å²) in [4.78, 5) is 33.1. The standard InChI is InChI=1S/C2H8O7P2.H3P/c3-1-2(10(4,5)6)11(7,8)9;/h2-3H,1H2,(H2,4,5,6)(H2,7,8,9);1H3. The molecule has 76 valence electrons. The largest absolute Gasteiger partial charge is 0.395 e. The second kappa shape index (κ2) is 4.80. The van der Waals surface area contributed by atoms with Crippen LogP contribution in [0.25, 0.3) is 0 Å². The first kappa shape index (κ1) is 15.2. The van der Waals surface area contributed by atoms with Gasteiger partial charge in [-0.05, 0) is 0 Å². The van der Waals surface area contributed by atoms with E-state index in [1.807, 2.05) is 0 Å². The highest BCUT2D eigenvalue weighted by molar-refractivity contribution is 7.70. The van der Waals surface area contributed by atoms with Crippen molar-refractivity contribution < 1.29 is 33.8 Å². The van der Waals surface area contributed by atoms with Crippen LogP contribution in [0.5, 0.6) is 0 Å². The summed E-state index contributed by atoms with van der Waals surface area (Å²) < 4.78 is 20.5. The Morgan fingerprint density at radius 1 is 1.00 bits per heavy atom. The van der Waals surface area contributed by atoms with Crippen LogP contribution < -0.4 is 0 Å². The molecule has 0 aromatic rings. The Hall–Kier alpha value is 0.690. The Bertz CT molecular complexity index is 191. The van der Waals surface area contributed by atoms with Crippen molar-refractivity contribution in [2.24, 2.45) is 0 Å². The molecule has 1 atom stereocenters. The molecule has 0 radical (unpaired) electrons. The molecule has 0 fully saturated rings. The SMILES string of the molecule is O=P(O)(O)C(CO)P(=O)(O)O.P. The van der Waals surface area contributed by atoms with E-state index < -0.39 is 27.2 Å². The fraction of sp³-hybridized carbons (Fsp3) is 1.00. The molecular weight excluding hydrogens is 229 g/mol. The van der Waals surface area contributed by atoms with Gasteiger partial charge in [-0.25, -0.2) is 0 Å². The smallest absolute Gasteiger partial charge is 0.343 e. The summed E-state index contributed by atoms with van der Waals surface area (Å²) in [5, 5.41) is 5.92. The summed E-state index contributed by atoms with van der Waals surface area (Å²) in [6.45, 7) is -1.24. The molecule has 0 rings (SSSR count). The van der Waals surface area contributed by atoms with E-state index >= 15 is 0 Å². The Balaban J connectivity index is 0. The van der Waals surface area contributed by atoms with E-state index in [1.54, 1.807) is 0 Å². The molecule has 0 aromatic carbocycles. The number of hydrogen-bond acceptors (Lipinski definition) is 3. The Kier molecular flexibility index (Phi) is 6.06. The molecule has 0 saturated heterocycles. The lowest BCUT2D eigenvalue weighted by Crippen LogP contribution is -2.13. The third-order valence-corrected chi connectivity index (χ3v) is 4.62. The second-order valence-electron chi connectivity index (χ2n) is 1.84. The van der Waals surface area contributed by atoms with E-state index in [0.29, 0.717) is 0 Å². The maximum Gasteiger partial charge on any atom is 0.343 e. The first-order valence-corrected chi connectivity index (χ1v) is 5.77. The molecule has 0 aliphatic heterocycles. The van der Waals surface area contributed by atoms with E-state index in [9.17, 15) is 9.13 Å². The van der Waals surface area contributed by atoms with Crippen LogP contribution in [0.15, 0.2) is 0 Å². The van der Waals surface area contributed by atoms with Crippen LogP contribution >= 0.6 is 25.1 Å². The minimum absolute atomic E-state index is 0. The average molecular weight is 240 g/mol. The highest BCUT2D eigenvalue weighted by Gasteiger charge is 2.42. The summed E-state index contributed by atoms with van der Waals surface area (Å²) in [5.74, 6) is 0.